The first-order valence-corrected chi connectivity index (χ1v) is 6.44. The minimum atomic E-state index is -1.26. The Morgan fingerprint density at radius 1 is 1.37 bits per heavy atom. The lowest BCUT2D eigenvalue weighted by atomic mass is 9.98. The van der Waals surface area contributed by atoms with E-state index in [9.17, 15) is 14.7 Å². The molecule has 1 unspecified atom stereocenters. The zero-order valence-corrected chi connectivity index (χ0v) is 12.0. The molecule has 0 saturated heterocycles. The number of hydrogen-bond acceptors (Lipinski definition) is 5. The molecule has 0 fully saturated rings. The largest absolute Gasteiger partial charge is 0.460 e. The first-order chi connectivity index (χ1) is 8.77. The number of hydrogen-bond donors (Lipinski definition) is 1. The third kappa shape index (κ3) is 9.39. The first kappa shape index (κ1) is 17.8. The lowest BCUT2D eigenvalue weighted by Gasteiger charge is -2.16. The second-order valence-electron chi connectivity index (χ2n) is 4.93. The smallest absolute Gasteiger partial charge is 0.330 e. The number of Topliss-reactive ketones (excluding diaryl/α,β-unsaturated/α-hetero) is 1. The summed E-state index contributed by atoms with van der Waals surface area (Å²) in [6.45, 7) is 8.67. The van der Waals surface area contributed by atoms with Gasteiger partial charge in [0.05, 0.1) is 12.7 Å². The van der Waals surface area contributed by atoms with Gasteiger partial charge in [0.15, 0.2) is 5.78 Å². The van der Waals surface area contributed by atoms with E-state index >= 15 is 0 Å². The van der Waals surface area contributed by atoms with Crippen LogP contribution in [0, 0.1) is 0 Å². The third-order valence-electron chi connectivity index (χ3n) is 2.59. The van der Waals surface area contributed by atoms with Gasteiger partial charge in [0, 0.05) is 12.5 Å². The molecule has 0 aromatic rings. The van der Waals surface area contributed by atoms with Crippen LogP contribution in [0.15, 0.2) is 12.7 Å². The highest BCUT2D eigenvalue weighted by Crippen LogP contribution is 2.11. The summed E-state index contributed by atoms with van der Waals surface area (Å²) < 4.78 is 10.2. The molecule has 0 aliphatic rings. The predicted molar refractivity (Wildman–Crippen MR) is 71.7 cm³/mol. The molecular weight excluding hydrogens is 248 g/mol. The van der Waals surface area contributed by atoms with Crippen LogP contribution in [-0.4, -0.2) is 41.8 Å². The number of carbonyl (C=O) groups excluding carboxylic acids is 2. The molecule has 0 amide bonds. The van der Waals surface area contributed by atoms with Crippen LogP contribution in [0.5, 0.6) is 0 Å². The molecule has 0 radical (unpaired) electrons. The number of aliphatic hydroxyl groups is 1. The molecule has 19 heavy (non-hydrogen) atoms. The van der Waals surface area contributed by atoms with Crippen LogP contribution < -0.4 is 0 Å². The van der Waals surface area contributed by atoms with Gasteiger partial charge in [0.1, 0.15) is 12.2 Å². The Kier molecular flexibility index (Phi) is 8.27. The van der Waals surface area contributed by atoms with Crippen LogP contribution >= 0.6 is 0 Å². The fourth-order valence-corrected chi connectivity index (χ4v) is 1.39. The summed E-state index contributed by atoms with van der Waals surface area (Å²) in [6.07, 6.45) is 2.80. The molecule has 1 N–H and O–H groups in total. The molecule has 0 aliphatic heterocycles. The fourth-order valence-electron chi connectivity index (χ4n) is 1.39. The van der Waals surface area contributed by atoms with Gasteiger partial charge < -0.3 is 14.6 Å². The second kappa shape index (κ2) is 8.82. The molecular formula is C14H24O5. The zero-order valence-electron chi connectivity index (χ0n) is 12.0. The average Bonchev–Trinajstić information content (AvgIpc) is 2.32. The van der Waals surface area contributed by atoms with Gasteiger partial charge in [-0.05, 0) is 33.6 Å². The Morgan fingerprint density at radius 3 is 2.53 bits per heavy atom. The molecule has 0 heterocycles. The van der Waals surface area contributed by atoms with Gasteiger partial charge in [0.2, 0.25) is 0 Å². The lowest BCUT2D eigenvalue weighted by Crippen LogP contribution is -2.31. The molecule has 0 spiro atoms. The summed E-state index contributed by atoms with van der Waals surface area (Å²) in [5, 5.41) is 9.46. The van der Waals surface area contributed by atoms with Crippen molar-refractivity contribution in [2.75, 3.05) is 13.2 Å². The molecule has 110 valence electrons. The number of ether oxygens (including phenoxy) is 2. The van der Waals surface area contributed by atoms with Crippen molar-refractivity contribution in [1.29, 1.82) is 0 Å². The SMILES string of the molecule is C=CC(=O)OCCOC(C)CCCC(=O)C(C)(C)O. The molecule has 0 rings (SSSR count). The highest BCUT2D eigenvalue weighted by Gasteiger charge is 2.22. The van der Waals surface area contributed by atoms with Crippen LogP contribution in [0.25, 0.3) is 0 Å². The molecule has 0 saturated carbocycles. The van der Waals surface area contributed by atoms with Crippen LogP contribution in [0.3, 0.4) is 0 Å². The highest BCUT2D eigenvalue weighted by atomic mass is 16.6. The summed E-state index contributed by atoms with van der Waals surface area (Å²) in [5.41, 5.74) is -1.26. The van der Waals surface area contributed by atoms with Crippen molar-refractivity contribution < 1.29 is 24.2 Å². The Bertz CT molecular complexity index is 303. The van der Waals surface area contributed by atoms with Crippen molar-refractivity contribution >= 4 is 11.8 Å². The van der Waals surface area contributed by atoms with Crippen molar-refractivity contribution in [3.05, 3.63) is 12.7 Å². The van der Waals surface area contributed by atoms with E-state index in [0.717, 1.165) is 12.5 Å². The summed E-state index contributed by atoms with van der Waals surface area (Å²) >= 11 is 0. The van der Waals surface area contributed by atoms with E-state index in [2.05, 4.69) is 6.58 Å². The Hall–Kier alpha value is -1.20. The van der Waals surface area contributed by atoms with Gasteiger partial charge >= 0.3 is 5.97 Å². The Morgan fingerprint density at radius 2 is 2.00 bits per heavy atom. The van der Waals surface area contributed by atoms with E-state index in [-0.39, 0.29) is 18.5 Å². The standard InChI is InChI=1S/C14H24O5/c1-5-13(16)19-10-9-18-11(2)7-6-8-12(15)14(3,4)17/h5,11,17H,1,6-10H2,2-4H3. The van der Waals surface area contributed by atoms with Crippen molar-refractivity contribution in [2.24, 2.45) is 0 Å². The summed E-state index contributed by atoms with van der Waals surface area (Å²) in [5.74, 6) is -0.633. The minimum absolute atomic E-state index is 0.0166. The van der Waals surface area contributed by atoms with Crippen LogP contribution in [0.2, 0.25) is 0 Å². The van der Waals surface area contributed by atoms with Crippen LogP contribution in [0.1, 0.15) is 40.0 Å². The summed E-state index contributed by atoms with van der Waals surface area (Å²) in [7, 11) is 0. The van der Waals surface area contributed by atoms with Gasteiger partial charge in [-0.1, -0.05) is 6.58 Å². The number of rotatable bonds is 10. The van der Waals surface area contributed by atoms with E-state index in [1.165, 1.54) is 13.8 Å². The Balaban J connectivity index is 3.60. The van der Waals surface area contributed by atoms with Gasteiger partial charge in [0.25, 0.3) is 0 Å². The van der Waals surface area contributed by atoms with Gasteiger partial charge in [-0.3, -0.25) is 4.79 Å². The minimum Gasteiger partial charge on any atom is -0.460 e. The van der Waals surface area contributed by atoms with Crippen LogP contribution in [-0.2, 0) is 19.1 Å². The molecule has 0 bridgehead atoms. The Labute approximate surface area is 114 Å². The number of ketones is 1. The molecule has 5 heteroatoms. The predicted octanol–water partition coefficient (Wildman–Crippen LogP) is 1.63. The van der Waals surface area contributed by atoms with Crippen molar-refractivity contribution in [2.45, 2.75) is 51.7 Å². The van der Waals surface area contributed by atoms with Crippen molar-refractivity contribution in [3.63, 3.8) is 0 Å². The van der Waals surface area contributed by atoms with Gasteiger partial charge in [-0.25, -0.2) is 4.79 Å². The van der Waals surface area contributed by atoms with Crippen molar-refractivity contribution in [1.82, 2.24) is 0 Å². The van der Waals surface area contributed by atoms with E-state index < -0.39 is 11.6 Å². The topological polar surface area (TPSA) is 72.8 Å². The summed E-state index contributed by atoms with van der Waals surface area (Å²) in [6, 6.07) is 0. The first-order valence-electron chi connectivity index (χ1n) is 6.44. The normalized spacial score (nSPS) is 12.8. The van der Waals surface area contributed by atoms with E-state index in [1.807, 2.05) is 6.92 Å². The maximum absolute atomic E-state index is 11.5. The van der Waals surface area contributed by atoms with E-state index in [1.54, 1.807) is 0 Å². The van der Waals surface area contributed by atoms with Gasteiger partial charge in [-0.2, -0.15) is 0 Å². The maximum atomic E-state index is 11.5. The average molecular weight is 272 g/mol. The third-order valence-corrected chi connectivity index (χ3v) is 2.59. The second-order valence-corrected chi connectivity index (χ2v) is 4.93. The molecule has 1 atom stereocenters. The molecule has 0 aliphatic carbocycles. The number of carbonyl (C=O) groups is 2. The van der Waals surface area contributed by atoms with Crippen molar-refractivity contribution in [3.8, 4) is 0 Å². The quantitative estimate of drug-likeness (QED) is 0.372. The monoisotopic (exact) mass is 272 g/mol. The van der Waals surface area contributed by atoms with E-state index in [4.69, 9.17) is 9.47 Å². The fraction of sp³-hybridized carbons (Fsp3) is 0.714. The lowest BCUT2D eigenvalue weighted by molar-refractivity contribution is -0.140. The number of esters is 1. The highest BCUT2D eigenvalue weighted by molar-refractivity contribution is 5.86. The molecule has 0 aromatic heterocycles. The zero-order chi connectivity index (χ0) is 14.9. The van der Waals surface area contributed by atoms with Gasteiger partial charge in [-0.15, -0.1) is 0 Å². The van der Waals surface area contributed by atoms with E-state index in [0.29, 0.717) is 19.4 Å². The maximum Gasteiger partial charge on any atom is 0.330 e. The summed E-state index contributed by atoms with van der Waals surface area (Å²) in [4.78, 5) is 22.2. The molecule has 0 aromatic carbocycles. The van der Waals surface area contributed by atoms with Crippen LogP contribution in [0.4, 0.5) is 0 Å². The molecule has 5 nitrogen and oxygen atoms in total.